The lowest BCUT2D eigenvalue weighted by molar-refractivity contribution is -0.113. The Bertz CT molecular complexity index is 1490. The number of thiophene rings is 1. The average molecular weight is 524 g/mol. The first kappa shape index (κ1) is 23.9. The van der Waals surface area contributed by atoms with Crippen LogP contribution in [0.1, 0.15) is 29.3 Å². The van der Waals surface area contributed by atoms with Crippen LogP contribution in [0.2, 0.25) is 0 Å². The van der Waals surface area contributed by atoms with Crippen LogP contribution in [-0.4, -0.2) is 30.6 Å². The Balaban J connectivity index is 1.34. The zero-order valence-corrected chi connectivity index (χ0v) is 22.0. The molecule has 1 aliphatic carbocycles. The molecule has 35 heavy (non-hydrogen) atoms. The van der Waals surface area contributed by atoms with Gasteiger partial charge in [0.1, 0.15) is 9.84 Å². The van der Waals surface area contributed by atoms with Crippen molar-refractivity contribution >= 4 is 56.7 Å². The average Bonchev–Trinajstić information content (AvgIpc) is 3.44. The van der Waals surface area contributed by atoms with E-state index in [1.165, 1.54) is 28.2 Å². The number of hydrogen-bond acceptors (Lipinski definition) is 8. The molecule has 180 valence electrons. The first-order valence-corrected chi connectivity index (χ1v) is 14.0. The second kappa shape index (κ2) is 10.0. The Kier molecular flexibility index (Phi) is 6.86. The van der Waals surface area contributed by atoms with Gasteiger partial charge in [0, 0.05) is 17.0 Å². The summed E-state index contributed by atoms with van der Waals surface area (Å²) in [6.45, 7) is 8.41. The van der Waals surface area contributed by atoms with E-state index in [2.05, 4.69) is 28.2 Å². The molecular weight excluding hydrogens is 499 g/mol. The molecule has 4 aromatic rings. The van der Waals surface area contributed by atoms with Crippen LogP contribution < -0.4 is 10.9 Å². The molecule has 1 atom stereocenters. The number of carbonyl (C=O) groups excluding carboxylic acids is 1. The van der Waals surface area contributed by atoms with Gasteiger partial charge in [0.05, 0.1) is 11.1 Å². The predicted octanol–water partition coefficient (Wildman–Crippen LogP) is 5.33. The minimum absolute atomic E-state index is 0.0473. The van der Waals surface area contributed by atoms with Crippen LogP contribution in [0.15, 0.2) is 46.9 Å². The van der Waals surface area contributed by atoms with Crippen LogP contribution in [0, 0.1) is 12.8 Å². The molecule has 1 amide bonds. The topological polar surface area (TPSA) is 89.8 Å². The van der Waals surface area contributed by atoms with Gasteiger partial charge in [-0.05, 0) is 54.8 Å². The standard InChI is InChI=1S/C25H25N5O2S3/c1-4-11-30-23(32)20-17-10-9-14(2)12-18(17)34-22(20)28-25(30)33-13-19(31)26-24-27-21(35-29-24)16-8-6-5-7-15(16)3/h4-8,14H,1,9-13H2,2-3H3,(H,26,29,31)/t14-/m0/s1. The van der Waals surface area contributed by atoms with Crippen molar-refractivity contribution in [2.75, 3.05) is 11.1 Å². The molecule has 0 fully saturated rings. The van der Waals surface area contributed by atoms with E-state index in [9.17, 15) is 9.59 Å². The highest BCUT2D eigenvalue weighted by Crippen LogP contribution is 2.36. The molecule has 0 saturated heterocycles. The smallest absolute Gasteiger partial charge is 0.263 e. The highest BCUT2D eigenvalue weighted by Gasteiger charge is 2.25. The van der Waals surface area contributed by atoms with Crippen LogP contribution in [-0.2, 0) is 24.2 Å². The Hall–Kier alpha value is -2.82. The quantitative estimate of drug-likeness (QED) is 0.200. The van der Waals surface area contributed by atoms with E-state index in [0.29, 0.717) is 17.6 Å². The van der Waals surface area contributed by atoms with E-state index in [1.54, 1.807) is 22.0 Å². The van der Waals surface area contributed by atoms with Gasteiger partial charge in [0.25, 0.3) is 5.56 Å². The van der Waals surface area contributed by atoms with Gasteiger partial charge in [-0.2, -0.15) is 9.36 Å². The van der Waals surface area contributed by atoms with Gasteiger partial charge < -0.3 is 0 Å². The molecule has 0 bridgehead atoms. The summed E-state index contributed by atoms with van der Waals surface area (Å²) in [5.74, 6) is 0.749. The molecule has 1 aliphatic rings. The molecule has 1 aromatic carbocycles. The molecule has 3 aromatic heterocycles. The van der Waals surface area contributed by atoms with E-state index in [1.807, 2.05) is 31.2 Å². The number of thioether (sulfide) groups is 1. The SMILES string of the molecule is C=CCn1c(SCC(=O)Nc2nsc(-c3ccccc3C)n2)nc2sc3c(c2c1=O)CC[C@H](C)C3. The summed E-state index contributed by atoms with van der Waals surface area (Å²) in [4.78, 5) is 37.4. The molecule has 0 saturated carbocycles. The molecular formula is C25H25N5O2S3. The molecule has 0 spiro atoms. The lowest BCUT2D eigenvalue weighted by Crippen LogP contribution is -2.24. The fourth-order valence-corrected chi connectivity index (χ4v) is 7.24. The van der Waals surface area contributed by atoms with E-state index in [0.717, 1.165) is 51.2 Å². The van der Waals surface area contributed by atoms with Crippen LogP contribution in [0.5, 0.6) is 0 Å². The summed E-state index contributed by atoms with van der Waals surface area (Å²) in [7, 11) is 0. The van der Waals surface area contributed by atoms with Crippen molar-refractivity contribution in [3.8, 4) is 10.6 Å². The Morgan fingerprint density at radius 2 is 2.17 bits per heavy atom. The van der Waals surface area contributed by atoms with Crippen LogP contribution in [0.4, 0.5) is 5.95 Å². The summed E-state index contributed by atoms with van der Waals surface area (Å²) >= 11 is 4.11. The van der Waals surface area contributed by atoms with Crippen molar-refractivity contribution in [2.45, 2.75) is 44.8 Å². The maximum Gasteiger partial charge on any atom is 0.263 e. The summed E-state index contributed by atoms with van der Waals surface area (Å²) in [5.41, 5.74) is 3.21. The van der Waals surface area contributed by atoms with Gasteiger partial charge in [-0.1, -0.05) is 49.0 Å². The third-order valence-corrected chi connectivity index (χ3v) is 8.95. The van der Waals surface area contributed by atoms with Crippen LogP contribution >= 0.6 is 34.6 Å². The number of aromatic nitrogens is 4. The van der Waals surface area contributed by atoms with Gasteiger partial charge in [-0.3, -0.25) is 19.5 Å². The lowest BCUT2D eigenvalue weighted by Gasteiger charge is -2.17. The highest BCUT2D eigenvalue weighted by atomic mass is 32.2. The number of benzene rings is 1. The number of allylic oxidation sites excluding steroid dienone is 1. The number of rotatable bonds is 7. The number of amides is 1. The van der Waals surface area contributed by atoms with Gasteiger partial charge in [0.15, 0.2) is 5.16 Å². The number of nitrogens with one attached hydrogen (secondary N) is 1. The van der Waals surface area contributed by atoms with Crippen molar-refractivity contribution in [1.29, 1.82) is 0 Å². The molecule has 5 rings (SSSR count). The van der Waals surface area contributed by atoms with Crippen molar-refractivity contribution in [3.63, 3.8) is 0 Å². The second-order valence-electron chi connectivity index (χ2n) is 8.71. The largest absolute Gasteiger partial charge is 0.293 e. The summed E-state index contributed by atoms with van der Waals surface area (Å²) in [6, 6.07) is 7.93. The van der Waals surface area contributed by atoms with Gasteiger partial charge in [-0.15, -0.1) is 17.9 Å². The van der Waals surface area contributed by atoms with E-state index >= 15 is 0 Å². The predicted molar refractivity (Wildman–Crippen MR) is 145 cm³/mol. The lowest BCUT2D eigenvalue weighted by atomic mass is 9.89. The fraction of sp³-hybridized carbons (Fsp3) is 0.320. The second-order valence-corrected chi connectivity index (χ2v) is 11.5. The Morgan fingerprint density at radius 1 is 1.34 bits per heavy atom. The highest BCUT2D eigenvalue weighted by molar-refractivity contribution is 7.99. The number of carbonyl (C=O) groups is 1. The van der Waals surface area contributed by atoms with Crippen LogP contribution in [0.3, 0.4) is 0 Å². The minimum atomic E-state index is -0.247. The molecule has 1 N–H and O–H groups in total. The zero-order valence-electron chi connectivity index (χ0n) is 19.5. The summed E-state index contributed by atoms with van der Waals surface area (Å²) in [5, 5.41) is 4.79. The number of hydrogen-bond donors (Lipinski definition) is 1. The summed E-state index contributed by atoms with van der Waals surface area (Å²) in [6.07, 6.45) is 4.69. The van der Waals surface area contributed by atoms with Crippen molar-refractivity contribution in [1.82, 2.24) is 18.9 Å². The monoisotopic (exact) mass is 523 g/mol. The van der Waals surface area contributed by atoms with Crippen molar-refractivity contribution in [3.05, 3.63) is 63.3 Å². The normalized spacial score (nSPS) is 15.2. The Labute approximate surface area is 215 Å². The van der Waals surface area contributed by atoms with Crippen LogP contribution in [0.25, 0.3) is 20.8 Å². The molecule has 7 nitrogen and oxygen atoms in total. The third kappa shape index (κ3) is 4.82. The van der Waals surface area contributed by atoms with Gasteiger partial charge in [-0.25, -0.2) is 4.98 Å². The maximum atomic E-state index is 13.4. The van der Waals surface area contributed by atoms with Crippen molar-refractivity contribution in [2.24, 2.45) is 5.92 Å². The van der Waals surface area contributed by atoms with Gasteiger partial charge in [0.2, 0.25) is 11.9 Å². The van der Waals surface area contributed by atoms with Gasteiger partial charge >= 0.3 is 0 Å². The van der Waals surface area contributed by atoms with E-state index in [-0.39, 0.29) is 23.2 Å². The number of anilines is 1. The molecule has 0 radical (unpaired) electrons. The molecule has 0 aliphatic heterocycles. The van der Waals surface area contributed by atoms with E-state index < -0.39 is 0 Å². The molecule has 10 heteroatoms. The maximum absolute atomic E-state index is 13.4. The Morgan fingerprint density at radius 3 is 2.97 bits per heavy atom. The minimum Gasteiger partial charge on any atom is -0.293 e. The van der Waals surface area contributed by atoms with Crippen molar-refractivity contribution < 1.29 is 4.79 Å². The molecule has 3 heterocycles. The third-order valence-electron chi connectivity index (χ3n) is 6.08. The number of aryl methyl sites for hydroxylation is 2. The zero-order chi connectivity index (χ0) is 24.5. The summed E-state index contributed by atoms with van der Waals surface area (Å²) < 4.78 is 5.90. The number of fused-ring (bicyclic) bond motifs is 3. The first-order valence-electron chi connectivity index (χ1n) is 11.4. The number of nitrogens with zero attached hydrogens (tertiary/aromatic N) is 4. The molecule has 0 unspecified atom stereocenters. The van der Waals surface area contributed by atoms with E-state index in [4.69, 9.17) is 4.98 Å². The fourth-order valence-electron chi connectivity index (χ4n) is 4.29. The first-order chi connectivity index (χ1) is 16.9.